The van der Waals surface area contributed by atoms with Crippen molar-refractivity contribution in [1.29, 1.82) is 0 Å². The summed E-state index contributed by atoms with van der Waals surface area (Å²) in [5.41, 5.74) is 1.61. The van der Waals surface area contributed by atoms with Crippen molar-refractivity contribution in [3.8, 4) is 0 Å². The number of hydrogen-bond acceptors (Lipinski definition) is 4. The van der Waals surface area contributed by atoms with Gasteiger partial charge in [0.2, 0.25) is 5.91 Å². The molecule has 1 heterocycles. The third-order valence-corrected chi connectivity index (χ3v) is 5.29. The van der Waals surface area contributed by atoms with Crippen LogP contribution in [-0.2, 0) is 11.8 Å². The molecule has 0 radical (unpaired) electrons. The Bertz CT molecular complexity index is 796. The van der Waals surface area contributed by atoms with Crippen molar-refractivity contribution in [1.82, 2.24) is 14.5 Å². The molecule has 0 fully saturated rings. The topological polar surface area (TPSA) is 55.2 Å². The number of aromatic nitrogens is 2. The molecule has 124 valence electrons. The van der Waals surface area contributed by atoms with Crippen LogP contribution in [0.3, 0.4) is 0 Å². The highest BCUT2D eigenvalue weighted by Gasteiger charge is 2.27. The summed E-state index contributed by atoms with van der Waals surface area (Å²) in [7, 11) is 5.19. The molecule has 0 saturated carbocycles. The number of aryl methyl sites for hydroxylation is 1. The number of benzene rings is 1. The van der Waals surface area contributed by atoms with Gasteiger partial charge in [-0.25, -0.2) is 4.98 Å². The van der Waals surface area contributed by atoms with Gasteiger partial charge in [-0.3, -0.25) is 14.2 Å². The third kappa shape index (κ3) is 3.58. The number of hydrogen-bond donors (Lipinski definition) is 0. The molecule has 1 atom stereocenters. The lowest BCUT2D eigenvalue weighted by atomic mass is 10.1. The molecule has 2 aromatic rings. The minimum atomic E-state index is -0.272. The van der Waals surface area contributed by atoms with E-state index in [1.807, 2.05) is 39.0 Å². The first-order valence-electron chi connectivity index (χ1n) is 7.57. The molecular weight excluding hydrogens is 310 g/mol. The first kappa shape index (κ1) is 17.5. The predicted molar refractivity (Wildman–Crippen MR) is 94.9 cm³/mol. The molecule has 23 heavy (non-hydrogen) atoms. The van der Waals surface area contributed by atoms with Crippen LogP contribution in [-0.4, -0.2) is 39.7 Å². The number of thioether (sulfide) groups is 1. The van der Waals surface area contributed by atoms with Gasteiger partial charge in [0.1, 0.15) is 0 Å². The van der Waals surface area contributed by atoms with Crippen LogP contribution in [0.4, 0.5) is 0 Å². The fourth-order valence-corrected chi connectivity index (χ4v) is 3.51. The molecular formula is C17H23N3O2S. The quantitative estimate of drug-likeness (QED) is 0.637. The fourth-order valence-electron chi connectivity index (χ4n) is 2.31. The highest BCUT2D eigenvalue weighted by molar-refractivity contribution is 8.00. The van der Waals surface area contributed by atoms with Crippen molar-refractivity contribution >= 4 is 28.6 Å². The number of carbonyl (C=O) groups is 1. The maximum Gasteiger partial charge on any atom is 0.261 e. The van der Waals surface area contributed by atoms with E-state index in [2.05, 4.69) is 4.98 Å². The molecule has 0 unspecified atom stereocenters. The molecule has 0 spiro atoms. The van der Waals surface area contributed by atoms with E-state index in [0.717, 1.165) is 5.56 Å². The van der Waals surface area contributed by atoms with E-state index in [1.165, 1.54) is 16.3 Å². The highest BCUT2D eigenvalue weighted by Crippen LogP contribution is 2.28. The highest BCUT2D eigenvalue weighted by atomic mass is 32.2. The zero-order valence-corrected chi connectivity index (χ0v) is 15.3. The third-order valence-electron chi connectivity index (χ3n) is 3.71. The molecule has 1 amide bonds. The van der Waals surface area contributed by atoms with E-state index in [9.17, 15) is 9.59 Å². The molecule has 6 heteroatoms. The molecule has 1 aromatic carbocycles. The first-order chi connectivity index (χ1) is 10.7. The van der Waals surface area contributed by atoms with E-state index in [4.69, 9.17) is 0 Å². The monoisotopic (exact) mass is 333 g/mol. The van der Waals surface area contributed by atoms with Gasteiger partial charge < -0.3 is 4.90 Å². The summed E-state index contributed by atoms with van der Waals surface area (Å²) in [5, 5.41) is 0.906. The summed E-state index contributed by atoms with van der Waals surface area (Å²) in [6, 6.07) is 5.65. The number of fused-ring (bicyclic) bond motifs is 1. The lowest BCUT2D eigenvalue weighted by Gasteiger charge is -2.23. The molecule has 0 aliphatic heterocycles. The van der Waals surface area contributed by atoms with Crippen LogP contribution in [0.1, 0.15) is 19.4 Å². The molecule has 0 aliphatic rings. The maximum absolute atomic E-state index is 12.6. The van der Waals surface area contributed by atoms with Crippen LogP contribution in [0, 0.1) is 12.8 Å². The zero-order chi connectivity index (χ0) is 17.3. The van der Waals surface area contributed by atoms with Crippen molar-refractivity contribution < 1.29 is 4.79 Å². The number of carbonyl (C=O) groups excluding carboxylic acids is 1. The van der Waals surface area contributed by atoms with Gasteiger partial charge in [-0.15, -0.1) is 0 Å². The molecule has 0 N–H and O–H groups in total. The first-order valence-corrected chi connectivity index (χ1v) is 8.45. The van der Waals surface area contributed by atoms with Crippen LogP contribution in [0.15, 0.2) is 28.2 Å². The Morgan fingerprint density at radius 3 is 2.52 bits per heavy atom. The molecule has 1 aromatic heterocycles. The van der Waals surface area contributed by atoms with Gasteiger partial charge in [0.15, 0.2) is 5.16 Å². The molecule has 2 rings (SSSR count). The normalized spacial score (nSPS) is 12.7. The SMILES string of the molecule is Cc1ccc2nc(S[C@H](C(=O)N(C)C)C(C)C)n(C)c(=O)c2c1. The van der Waals surface area contributed by atoms with Crippen molar-refractivity contribution in [2.45, 2.75) is 31.2 Å². The Hall–Kier alpha value is -1.82. The summed E-state index contributed by atoms with van der Waals surface area (Å²) in [6.45, 7) is 5.95. The van der Waals surface area contributed by atoms with Gasteiger partial charge in [-0.2, -0.15) is 0 Å². The van der Waals surface area contributed by atoms with E-state index < -0.39 is 0 Å². The fraction of sp³-hybridized carbons (Fsp3) is 0.471. The Morgan fingerprint density at radius 1 is 1.30 bits per heavy atom. The van der Waals surface area contributed by atoms with Gasteiger partial charge >= 0.3 is 0 Å². The van der Waals surface area contributed by atoms with Crippen LogP contribution in [0.25, 0.3) is 10.9 Å². The average molecular weight is 333 g/mol. The average Bonchev–Trinajstić information content (AvgIpc) is 2.49. The second-order valence-corrected chi connectivity index (χ2v) is 7.40. The van der Waals surface area contributed by atoms with Crippen molar-refractivity contribution in [2.24, 2.45) is 13.0 Å². The molecule has 0 bridgehead atoms. The van der Waals surface area contributed by atoms with E-state index in [-0.39, 0.29) is 22.6 Å². The molecule has 5 nitrogen and oxygen atoms in total. The van der Waals surface area contributed by atoms with Gasteiger partial charge in [0.25, 0.3) is 5.56 Å². The number of amides is 1. The Labute approximate surface area is 140 Å². The van der Waals surface area contributed by atoms with Crippen molar-refractivity contribution in [3.63, 3.8) is 0 Å². The smallest absolute Gasteiger partial charge is 0.261 e. The van der Waals surface area contributed by atoms with Gasteiger partial charge in [0.05, 0.1) is 16.2 Å². The number of nitrogens with zero attached hydrogens (tertiary/aromatic N) is 3. The zero-order valence-electron chi connectivity index (χ0n) is 14.5. The molecule has 0 saturated heterocycles. The minimum absolute atomic E-state index is 0.0308. The lowest BCUT2D eigenvalue weighted by Crippen LogP contribution is -2.35. The summed E-state index contributed by atoms with van der Waals surface area (Å²) >= 11 is 1.35. The van der Waals surface area contributed by atoms with Crippen LogP contribution >= 0.6 is 11.8 Å². The van der Waals surface area contributed by atoms with Crippen LogP contribution in [0.5, 0.6) is 0 Å². The Morgan fingerprint density at radius 2 is 1.96 bits per heavy atom. The Kier molecular flexibility index (Phi) is 5.14. The second-order valence-electron chi connectivity index (χ2n) is 6.29. The lowest BCUT2D eigenvalue weighted by molar-refractivity contribution is -0.128. The number of rotatable bonds is 4. The second kappa shape index (κ2) is 6.74. The largest absolute Gasteiger partial charge is 0.348 e. The van der Waals surface area contributed by atoms with Gasteiger partial charge in [-0.05, 0) is 25.0 Å². The van der Waals surface area contributed by atoms with Crippen molar-refractivity contribution in [2.75, 3.05) is 14.1 Å². The van der Waals surface area contributed by atoms with E-state index in [1.54, 1.807) is 26.0 Å². The van der Waals surface area contributed by atoms with E-state index >= 15 is 0 Å². The Balaban J connectivity index is 2.51. The minimum Gasteiger partial charge on any atom is -0.348 e. The maximum atomic E-state index is 12.6. The van der Waals surface area contributed by atoms with Gasteiger partial charge in [-0.1, -0.05) is 37.2 Å². The van der Waals surface area contributed by atoms with Crippen LogP contribution in [0.2, 0.25) is 0 Å². The van der Waals surface area contributed by atoms with Crippen molar-refractivity contribution in [3.05, 3.63) is 34.1 Å². The standard InChI is InChI=1S/C17H23N3O2S/c1-10(2)14(16(22)19(4)5)23-17-18-13-8-7-11(3)9-12(13)15(21)20(17)6/h7-10,14H,1-6H3/t14-/m0/s1. The summed E-state index contributed by atoms with van der Waals surface area (Å²) in [4.78, 5) is 31.1. The summed E-state index contributed by atoms with van der Waals surface area (Å²) in [6.07, 6.45) is 0. The summed E-state index contributed by atoms with van der Waals surface area (Å²) in [5.74, 6) is 0.170. The van der Waals surface area contributed by atoms with Crippen LogP contribution < -0.4 is 5.56 Å². The van der Waals surface area contributed by atoms with E-state index in [0.29, 0.717) is 16.1 Å². The predicted octanol–water partition coefficient (Wildman–Crippen LogP) is 2.45. The van der Waals surface area contributed by atoms with Gasteiger partial charge in [0, 0.05) is 21.1 Å². The summed E-state index contributed by atoms with van der Waals surface area (Å²) < 4.78 is 1.53. The molecule has 0 aliphatic carbocycles.